The molecule has 2 N–H and O–H groups in total. The van der Waals surface area contributed by atoms with E-state index in [2.05, 4.69) is 25.5 Å². The van der Waals surface area contributed by atoms with Crippen LogP contribution in [0.15, 0.2) is 24.4 Å². The Morgan fingerprint density at radius 2 is 2.21 bits per heavy atom. The van der Waals surface area contributed by atoms with Crippen molar-refractivity contribution in [3.63, 3.8) is 0 Å². The molecule has 2 atom stereocenters. The van der Waals surface area contributed by atoms with Crippen molar-refractivity contribution in [1.82, 2.24) is 20.2 Å². The largest absolute Gasteiger partial charge is 0.493 e. The minimum Gasteiger partial charge on any atom is -0.493 e. The zero-order chi connectivity index (χ0) is 19.4. The highest BCUT2D eigenvalue weighted by Crippen LogP contribution is 2.39. The molecule has 142 valence electrons. The molecule has 1 aliphatic carbocycles. The average molecular weight is 401 g/mol. The van der Waals surface area contributed by atoms with Gasteiger partial charge in [0.25, 0.3) is 0 Å². The number of thiazole rings is 1. The lowest BCUT2D eigenvalue weighted by molar-refractivity contribution is -0.117. The number of ether oxygens (including phenoxy) is 1. The number of nitrogens with one attached hydrogen (secondary N) is 2. The van der Waals surface area contributed by atoms with E-state index in [4.69, 9.17) is 4.74 Å². The summed E-state index contributed by atoms with van der Waals surface area (Å²) >= 11 is 1.17. The normalized spacial score (nSPS) is 18.5. The maximum absolute atomic E-state index is 14.4. The number of aromatic amines is 1. The van der Waals surface area contributed by atoms with E-state index in [0.717, 1.165) is 0 Å². The number of hydrogen-bond acceptors (Lipinski definition) is 6. The first kappa shape index (κ1) is 17.0. The van der Waals surface area contributed by atoms with Crippen LogP contribution in [-0.4, -0.2) is 39.4 Å². The first-order valence-corrected chi connectivity index (χ1v) is 9.29. The van der Waals surface area contributed by atoms with Gasteiger partial charge in [0.2, 0.25) is 5.91 Å². The van der Waals surface area contributed by atoms with Gasteiger partial charge in [-0.2, -0.15) is 5.10 Å². The molecule has 0 radical (unpaired) electrons. The highest BCUT2D eigenvalue weighted by atomic mass is 32.1. The van der Waals surface area contributed by atoms with E-state index in [0.29, 0.717) is 37.6 Å². The number of alkyl halides is 1. The van der Waals surface area contributed by atoms with Gasteiger partial charge in [0.05, 0.1) is 36.0 Å². The van der Waals surface area contributed by atoms with Gasteiger partial charge in [-0.3, -0.25) is 9.89 Å². The lowest BCUT2D eigenvalue weighted by Crippen LogP contribution is -2.14. The van der Waals surface area contributed by atoms with E-state index in [9.17, 15) is 13.6 Å². The molecule has 28 heavy (non-hydrogen) atoms. The summed E-state index contributed by atoms with van der Waals surface area (Å²) in [4.78, 5) is 21.4. The number of fused-ring (bicyclic) bond motifs is 2. The molecule has 1 amide bonds. The third-order valence-corrected chi connectivity index (χ3v) is 5.53. The minimum atomic E-state index is -1.07. The van der Waals surface area contributed by atoms with E-state index >= 15 is 0 Å². The average Bonchev–Trinajstić information content (AvgIpc) is 3.05. The van der Waals surface area contributed by atoms with E-state index in [1.807, 2.05) is 0 Å². The molecule has 0 unspecified atom stereocenters. The van der Waals surface area contributed by atoms with Crippen molar-refractivity contribution in [2.75, 3.05) is 12.4 Å². The second-order valence-electron chi connectivity index (χ2n) is 6.49. The van der Waals surface area contributed by atoms with E-state index in [-0.39, 0.29) is 18.1 Å². The van der Waals surface area contributed by atoms with Crippen LogP contribution >= 0.6 is 11.3 Å². The van der Waals surface area contributed by atoms with Crippen molar-refractivity contribution >= 4 is 43.6 Å². The number of benzene rings is 1. The Labute approximate surface area is 160 Å². The number of amides is 1. The van der Waals surface area contributed by atoms with Crippen molar-refractivity contribution in [3.05, 3.63) is 30.2 Å². The number of H-pyrrole nitrogens is 1. The van der Waals surface area contributed by atoms with Crippen LogP contribution in [-0.2, 0) is 4.79 Å². The third-order valence-electron chi connectivity index (χ3n) is 4.65. The predicted molar refractivity (Wildman–Crippen MR) is 101 cm³/mol. The van der Waals surface area contributed by atoms with E-state index in [1.54, 1.807) is 18.3 Å². The zero-order valence-corrected chi connectivity index (χ0v) is 15.3. The van der Waals surface area contributed by atoms with Gasteiger partial charge >= 0.3 is 0 Å². The maximum Gasteiger partial charge on any atom is 0.232 e. The second-order valence-corrected chi connectivity index (χ2v) is 7.46. The molecule has 3 heterocycles. The number of methoxy groups -OCH3 is 1. The Kier molecular flexibility index (Phi) is 3.76. The van der Waals surface area contributed by atoms with Crippen LogP contribution in [0.2, 0.25) is 0 Å². The summed E-state index contributed by atoms with van der Waals surface area (Å²) in [7, 11) is 1.39. The highest BCUT2D eigenvalue weighted by Gasteiger charge is 2.43. The molecule has 10 heteroatoms. The summed E-state index contributed by atoms with van der Waals surface area (Å²) in [6.07, 6.45) is 0.760. The molecule has 0 bridgehead atoms. The summed E-state index contributed by atoms with van der Waals surface area (Å²) < 4.78 is 32.7. The first-order valence-electron chi connectivity index (χ1n) is 8.47. The summed E-state index contributed by atoms with van der Waals surface area (Å²) in [5.41, 5.74) is 2.07. The van der Waals surface area contributed by atoms with Gasteiger partial charge in [0.1, 0.15) is 16.5 Å². The molecule has 0 aliphatic heterocycles. The molecule has 1 saturated carbocycles. The molecule has 1 aromatic carbocycles. The fourth-order valence-corrected chi connectivity index (χ4v) is 3.98. The van der Waals surface area contributed by atoms with Gasteiger partial charge in [-0.25, -0.2) is 18.7 Å². The van der Waals surface area contributed by atoms with Crippen LogP contribution in [0.25, 0.3) is 32.5 Å². The van der Waals surface area contributed by atoms with Gasteiger partial charge in [0, 0.05) is 11.5 Å². The number of anilines is 1. The summed E-state index contributed by atoms with van der Waals surface area (Å²) in [6.45, 7) is 0. The Hall–Kier alpha value is -3.14. The number of halogens is 2. The van der Waals surface area contributed by atoms with Crippen molar-refractivity contribution in [2.24, 2.45) is 5.92 Å². The summed E-state index contributed by atoms with van der Waals surface area (Å²) in [5.74, 6) is -1.43. The molecule has 0 saturated heterocycles. The standard InChI is InChI=1S/C18H13F2N5O2S/c1-27-15-10(20)5-13-8(6-21-25-13)14(15)11-2-3-12-17(22-11)28-18(23-12)24-16(26)7-4-9(7)19/h2-3,5-7,9H,4H2,1H3,(H,21,25)(H,23,24,26)/t7-,9+/m1/s1. The van der Waals surface area contributed by atoms with Crippen LogP contribution in [0.3, 0.4) is 0 Å². The van der Waals surface area contributed by atoms with Gasteiger partial charge in [-0.1, -0.05) is 11.3 Å². The van der Waals surface area contributed by atoms with E-state index in [1.165, 1.54) is 24.5 Å². The molecular formula is C18H13F2N5O2S. The van der Waals surface area contributed by atoms with Gasteiger partial charge in [-0.15, -0.1) is 0 Å². The number of nitrogens with zero attached hydrogens (tertiary/aromatic N) is 3. The van der Waals surface area contributed by atoms with E-state index < -0.39 is 17.9 Å². The quantitative estimate of drug-likeness (QED) is 0.544. The number of rotatable bonds is 4. The number of carbonyl (C=O) groups excluding carboxylic acids is 1. The molecule has 7 nitrogen and oxygen atoms in total. The van der Waals surface area contributed by atoms with Crippen LogP contribution in [0, 0.1) is 11.7 Å². The molecule has 3 aromatic heterocycles. The fourth-order valence-electron chi connectivity index (χ4n) is 3.14. The number of carbonyl (C=O) groups is 1. The molecule has 0 spiro atoms. The van der Waals surface area contributed by atoms with Crippen LogP contribution in [0.5, 0.6) is 5.75 Å². The molecule has 4 aromatic rings. The number of pyridine rings is 1. The van der Waals surface area contributed by atoms with Crippen molar-refractivity contribution in [2.45, 2.75) is 12.6 Å². The lowest BCUT2D eigenvalue weighted by atomic mass is 10.0. The zero-order valence-electron chi connectivity index (χ0n) is 14.5. The van der Waals surface area contributed by atoms with Gasteiger partial charge < -0.3 is 10.1 Å². The third kappa shape index (κ3) is 2.68. The fraction of sp³-hybridized carbons (Fsp3) is 0.222. The minimum absolute atomic E-state index is 0.0708. The van der Waals surface area contributed by atoms with Gasteiger partial charge in [-0.05, 0) is 18.6 Å². The Morgan fingerprint density at radius 1 is 1.39 bits per heavy atom. The van der Waals surface area contributed by atoms with Crippen LogP contribution in [0.1, 0.15) is 6.42 Å². The smallest absolute Gasteiger partial charge is 0.232 e. The Balaban J connectivity index is 1.58. The number of aromatic nitrogens is 4. The highest BCUT2D eigenvalue weighted by molar-refractivity contribution is 7.22. The molecule has 1 fully saturated rings. The van der Waals surface area contributed by atoms with Crippen molar-refractivity contribution in [3.8, 4) is 17.0 Å². The second kappa shape index (κ2) is 6.20. The van der Waals surface area contributed by atoms with Crippen LogP contribution < -0.4 is 10.1 Å². The summed E-state index contributed by atoms with van der Waals surface area (Å²) in [5, 5.41) is 10.4. The SMILES string of the molecule is COc1c(F)cc2[nH]ncc2c1-c1ccc2nc(NC(=O)[C@@H]3C[C@@H]3F)sc2n1. The predicted octanol–water partition coefficient (Wildman–Crippen LogP) is 3.68. The van der Waals surface area contributed by atoms with Crippen LogP contribution in [0.4, 0.5) is 13.9 Å². The van der Waals surface area contributed by atoms with Crippen molar-refractivity contribution < 1.29 is 18.3 Å². The molecule has 1 aliphatic rings. The topological polar surface area (TPSA) is 92.8 Å². The monoisotopic (exact) mass is 401 g/mol. The number of hydrogen-bond donors (Lipinski definition) is 2. The Bertz CT molecular complexity index is 1240. The maximum atomic E-state index is 14.4. The van der Waals surface area contributed by atoms with Gasteiger partial charge in [0.15, 0.2) is 16.7 Å². The first-order chi connectivity index (χ1) is 13.5. The summed E-state index contributed by atoms with van der Waals surface area (Å²) in [6, 6.07) is 4.75. The van der Waals surface area contributed by atoms with Crippen molar-refractivity contribution in [1.29, 1.82) is 0 Å². The molecule has 5 rings (SSSR count). The molecular weight excluding hydrogens is 388 g/mol. The lowest BCUT2D eigenvalue weighted by Gasteiger charge is -2.10. The Morgan fingerprint density at radius 3 is 2.96 bits per heavy atom.